The normalized spacial score (nSPS) is 21.9. The highest BCUT2D eigenvalue weighted by atomic mass is 15.3. The summed E-state index contributed by atoms with van der Waals surface area (Å²) in [4.78, 5) is 7.91. The number of likely N-dealkylation sites (tertiary alicyclic amines) is 1. The molecule has 0 radical (unpaired) electrons. The molecule has 0 amide bonds. The zero-order valence-corrected chi connectivity index (χ0v) is 19.5. The van der Waals surface area contributed by atoms with Crippen LogP contribution in [-0.4, -0.2) is 66.1 Å². The molecule has 0 spiro atoms. The minimum atomic E-state index is 0.291. The van der Waals surface area contributed by atoms with Gasteiger partial charge in [0.25, 0.3) is 0 Å². The van der Waals surface area contributed by atoms with E-state index in [-0.39, 0.29) is 0 Å². The second-order valence-corrected chi connectivity index (χ2v) is 11.0. The third-order valence-electron chi connectivity index (χ3n) is 7.28. The summed E-state index contributed by atoms with van der Waals surface area (Å²) in [5.41, 5.74) is 1.93. The topological polar surface area (TPSA) is 9.72 Å². The van der Waals surface area contributed by atoms with E-state index in [2.05, 4.69) is 69.7 Å². The number of piperidine rings is 1. The summed E-state index contributed by atoms with van der Waals surface area (Å²) in [5, 5.41) is 0. The van der Waals surface area contributed by atoms with E-state index in [4.69, 9.17) is 0 Å². The molecule has 0 aromatic rings. The van der Waals surface area contributed by atoms with E-state index in [1.807, 2.05) is 0 Å². The van der Waals surface area contributed by atoms with Gasteiger partial charge in [-0.3, -0.25) is 4.90 Å². The van der Waals surface area contributed by atoms with Crippen LogP contribution in [-0.2, 0) is 0 Å². The first kappa shape index (κ1) is 22.7. The minimum absolute atomic E-state index is 0.291. The Balaban J connectivity index is 1.85. The van der Waals surface area contributed by atoms with E-state index in [0.29, 0.717) is 11.0 Å². The van der Waals surface area contributed by atoms with Crippen LogP contribution in [0.4, 0.5) is 0 Å². The molecule has 2 heterocycles. The highest BCUT2D eigenvalue weighted by molar-refractivity contribution is 4.97. The summed E-state index contributed by atoms with van der Waals surface area (Å²) in [6.45, 7) is 29.6. The van der Waals surface area contributed by atoms with Gasteiger partial charge in [0.1, 0.15) is 0 Å². The van der Waals surface area contributed by atoms with Gasteiger partial charge in [-0.05, 0) is 70.3 Å². The molecule has 3 heteroatoms. The molecule has 0 aliphatic carbocycles. The van der Waals surface area contributed by atoms with Gasteiger partial charge < -0.3 is 9.80 Å². The molecule has 2 fully saturated rings. The molecule has 0 atom stereocenters. The Bertz CT molecular complexity index is 464. The lowest BCUT2D eigenvalue weighted by molar-refractivity contribution is 0.00159. The monoisotopic (exact) mass is 377 g/mol. The quantitative estimate of drug-likeness (QED) is 0.583. The molecule has 2 aliphatic heterocycles. The van der Waals surface area contributed by atoms with Gasteiger partial charge in [0.05, 0.1) is 0 Å². The fourth-order valence-corrected chi connectivity index (χ4v) is 5.43. The lowest BCUT2D eigenvalue weighted by Crippen LogP contribution is -2.56. The van der Waals surface area contributed by atoms with Gasteiger partial charge in [0.2, 0.25) is 0 Å². The largest absolute Gasteiger partial charge is 0.376 e. The van der Waals surface area contributed by atoms with Crippen LogP contribution in [0.3, 0.4) is 0 Å². The molecule has 3 nitrogen and oxygen atoms in total. The van der Waals surface area contributed by atoms with Gasteiger partial charge in [-0.1, -0.05) is 34.3 Å². The fourth-order valence-electron chi connectivity index (χ4n) is 5.43. The van der Waals surface area contributed by atoms with E-state index >= 15 is 0 Å². The van der Waals surface area contributed by atoms with Crippen LogP contribution in [0.2, 0.25) is 0 Å². The maximum absolute atomic E-state index is 4.13. The summed E-state index contributed by atoms with van der Waals surface area (Å²) >= 11 is 0. The Morgan fingerprint density at radius 3 is 2.00 bits per heavy atom. The van der Waals surface area contributed by atoms with Crippen molar-refractivity contribution < 1.29 is 0 Å². The summed E-state index contributed by atoms with van der Waals surface area (Å²) in [6, 6.07) is 0. The Kier molecular flexibility index (Phi) is 7.84. The molecule has 0 aromatic carbocycles. The zero-order chi connectivity index (χ0) is 20.2. The lowest BCUT2D eigenvalue weighted by Gasteiger charge is -2.50. The number of hydrogen-bond donors (Lipinski definition) is 0. The lowest BCUT2D eigenvalue weighted by atomic mass is 9.67. The average molecular weight is 378 g/mol. The highest BCUT2D eigenvalue weighted by Crippen LogP contribution is 2.43. The van der Waals surface area contributed by atoms with Crippen molar-refractivity contribution in [2.45, 2.75) is 79.7 Å². The van der Waals surface area contributed by atoms with E-state index in [1.165, 1.54) is 77.2 Å². The number of rotatable bonds is 8. The van der Waals surface area contributed by atoms with Crippen LogP contribution in [0.1, 0.15) is 74.1 Å². The van der Waals surface area contributed by atoms with Gasteiger partial charge in [-0.25, -0.2) is 0 Å². The van der Waals surface area contributed by atoms with Gasteiger partial charge in [-0.2, -0.15) is 0 Å². The zero-order valence-electron chi connectivity index (χ0n) is 19.5. The first-order valence-corrected chi connectivity index (χ1v) is 11.4. The Morgan fingerprint density at radius 2 is 1.52 bits per heavy atom. The van der Waals surface area contributed by atoms with Crippen molar-refractivity contribution in [3.63, 3.8) is 0 Å². The molecule has 0 N–H and O–H groups in total. The Labute approximate surface area is 170 Å². The molecule has 2 saturated heterocycles. The second kappa shape index (κ2) is 9.31. The molecule has 0 bridgehead atoms. The van der Waals surface area contributed by atoms with Crippen LogP contribution in [0.15, 0.2) is 12.3 Å². The standard InChI is InChI=1S/C24H47N3/c1-20(2)9-12-25-15-17-27(18-16-25)24(7,8)19-23(5,6)22-10-13-26(14-11-22)21(3)4/h20,22H,3,9-19H2,1-2,4-8H3. The first-order valence-electron chi connectivity index (χ1n) is 11.4. The molecule has 2 rings (SSSR count). The van der Waals surface area contributed by atoms with Crippen LogP contribution in [0, 0.1) is 17.3 Å². The molecule has 0 aromatic heterocycles. The molecule has 27 heavy (non-hydrogen) atoms. The second-order valence-electron chi connectivity index (χ2n) is 11.0. The van der Waals surface area contributed by atoms with E-state index < -0.39 is 0 Å². The predicted molar refractivity (Wildman–Crippen MR) is 119 cm³/mol. The number of allylic oxidation sites excluding steroid dienone is 1. The summed E-state index contributed by atoms with van der Waals surface area (Å²) < 4.78 is 0. The molecule has 0 saturated carbocycles. The molecule has 158 valence electrons. The van der Waals surface area contributed by atoms with Crippen molar-refractivity contribution in [3.05, 3.63) is 12.3 Å². The van der Waals surface area contributed by atoms with Gasteiger partial charge in [-0.15, -0.1) is 0 Å². The van der Waals surface area contributed by atoms with Crippen LogP contribution in [0.5, 0.6) is 0 Å². The van der Waals surface area contributed by atoms with Crippen molar-refractivity contribution >= 4 is 0 Å². The maximum Gasteiger partial charge on any atom is 0.0177 e. The van der Waals surface area contributed by atoms with E-state index in [9.17, 15) is 0 Å². The Hall–Kier alpha value is -0.540. The first-order chi connectivity index (χ1) is 12.5. The summed E-state index contributed by atoms with van der Waals surface area (Å²) in [7, 11) is 0. The number of piperazine rings is 1. The van der Waals surface area contributed by atoms with Gasteiger partial charge in [0.15, 0.2) is 0 Å². The highest BCUT2D eigenvalue weighted by Gasteiger charge is 2.40. The summed E-state index contributed by atoms with van der Waals surface area (Å²) in [5.74, 6) is 1.65. The smallest absolute Gasteiger partial charge is 0.0177 e. The molecule has 0 unspecified atom stereocenters. The van der Waals surface area contributed by atoms with Crippen LogP contribution < -0.4 is 0 Å². The van der Waals surface area contributed by atoms with Crippen molar-refractivity contribution in [2.24, 2.45) is 17.3 Å². The number of nitrogens with zero attached hydrogens (tertiary/aromatic N) is 3. The minimum Gasteiger partial charge on any atom is -0.376 e. The molecular formula is C24H47N3. The van der Waals surface area contributed by atoms with Crippen molar-refractivity contribution in [1.29, 1.82) is 0 Å². The maximum atomic E-state index is 4.13. The predicted octanol–water partition coefficient (Wildman–Crippen LogP) is 5.09. The van der Waals surface area contributed by atoms with Crippen molar-refractivity contribution in [1.82, 2.24) is 14.7 Å². The molecule has 2 aliphatic rings. The molecular weight excluding hydrogens is 330 g/mol. The SMILES string of the molecule is C=C(C)N1CCC(C(C)(C)CC(C)(C)N2CCN(CCC(C)C)CC2)CC1. The Morgan fingerprint density at radius 1 is 0.963 bits per heavy atom. The average Bonchev–Trinajstić information content (AvgIpc) is 2.59. The van der Waals surface area contributed by atoms with Crippen LogP contribution >= 0.6 is 0 Å². The fraction of sp³-hybridized carbons (Fsp3) is 0.917. The van der Waals surface area contributed by atoms with Crippen molar-refractivity contribution in [3.8, 4) is 0 Å². The van der Waals surface area contributed by atoms with Gasteiger partial charge >= 0.3 is 0 Å². The summed E-state index contributed by atoms with van der Waals surface area (Å²) in [6.07, 6.45) is 5.26. The van der Waals surface area contributed by atoms with Crippen molar-refractivity contribution in [2.75, 3.05) is 45.8 Å². The third kappa shape index (κ3) is 6.49. The van der Waals surface area contributed by atoms with Gasteiger partial charge in [0, 0.05) is 50.5 Å². The van der Waals surface area contributed by atoms with Crippen LogP contribution in [0.25, 0.3) is 0 Å². The number of hydrogen-bond acceptors (Lipinski definition) is 3. The van der Waals surface area contributed by atoms with E-state index in [1.54, 1.807) is 0 Å². The van der Waals surface area contributed by atoms with E-state index in [0.717, 1.165) is 11.8 Å². The third-order valence-corrected chi connectivity index (χ3v) is 7.28.